The SMILES string of the molecule is CC1=C[C@H](O)CC(C)(C)[C@@H]1/C=C/C(C)=C/C=C/C(C)=C/C=C/C=C(C)/C=C/C=C(C)/C=C/[C@H]1C(C)=CC(=O)CC1(C)C. The Kier molecular flexibility index (Phi) is 13.2. The highest BCUT2D eigenvalue weighted by Gasteiger charge is 2.35. The molecule has 2 aliphatic carbocycles. The first-order valence-corrected chi connectivity index (χ1v) is 15.3. The molecule has 0 saturated carbocycles. The Labute approximate surface area is 256 Å². The van der Waals surface area contributed by atoms with Crippen LogP contribution < -0.4 is 0 Å². The van der Waals surface area contributed by atoms with Crippen molar-refractivity contribution in [1.29, 1.82) is 0 Å². The summed E-state index contributed by atoms with van der Waals surface area (Å²) >= 11 is 0. The highest BCUT2D eigenvalue weighted by molar-refractivity contribution is 5.92. The second-order valence-electron chi connectivity index (χ2n) is 13.6. The number of carbonyl (C=O) groups excluding carboxylic acids is 1. The van der Waals surface area contributed by atoms with E-state index in [1.54, 1.807) is 6.08 Å². The number of aliphatic hydroxyl groups excluding tert-OH is 1. The minimum atomic E-state index is -0.333. The van der Waals surface area contributed by atoms with Crippen LogP contribution in [0.15, 0.2) is 131 Å². The molecule has 226 valence electrons. The zero-order valence-corrected chi connectivity index (χ0v) is 27.7. The largest absolute Gasteiger partial charge is 0.389 e. The predicted octanol–water partition coefficient (Wildman–Crippen LogP) is 10.5. The number of carbonyl (C=O) groups is 1. The Morgan fingerprint density at radius 2 is 1.12 bits per heavy atom. The van der Waals surface area contributed by atoms with Gasteiger partial charge in [-0.2, -0.15) is 0 Å². The van der Waals surface area contributed by atoms with Crippen molar-refractivity contribution in [2.24, 2.45) is 22.7 Å². The first-order valence-electron chi connectivity index (χ1n) is 15.3. The van der Waals surface area contributed by atoms with Crippen LogP contribution in [0.3, 0.4) is 0 Å². The van der Waals surface area contributed by atoms with Crippen molar-refractivity contribution in [1.82, 2.24) is 0 Å². The third-order valence-corrected chi connectivity index (χ3v) is 8.24. The number of hydrogen-bond acceptors (Lipinski definition) is 2. The van der Waals surface area contributed by atoms with Crippen LogP contribution >= 0.6 is 0 Å². The highest BCUT2D eigenvalue weighted by atomic mass is 16.3. The minimum absolute atomic E-state index is 0.0422. The Bertz CT molecular complexity index is 1300. The number of rotatable bonds is 10. The van der Waals surface area contributed by atoms with Gasteiger partial charge in [0.05, 0.1) is 6.10 Å². The van der Waals surface area contributed by atoms with Gasteiger partial charge < -0.3 is 5.11 Å². The van der Waals surface area contributed by atoms with Gasteiger partial charge in [0.2, 0.25) is 0 Å². The van der Waals surface area contributed by atoms with Crippen LogP contribution in [-0.4, -0.2) is 17.0 Å². The van der Waals surface area contributed by atoms with E-state index in [0.29, 0.717) is 12.3 Å². The summed E-state index contributed by atoms with van der Waals surface area (Å²) < 4.78 is 0. The van der Waals surface area contributed by atoms with Gasteiger partial charge in [0.15, 0.2) is 5.78 Å². The molecule has 2 nitrogen and oxygen atoms in total. The molecule has 0 aromatic carbocycles. The zero-order chi connectivity index (χ0) is 31.5. The fourth-order valence-corrected chi connectivity index (χ4v) is 5.98. The predicted molar refractivity (Wildman–Crippen MR) is 183 cm³/mol. The Hall–Kier alpha value is -3.23. The fraction of sp³-hybridized carbons (Fsp3) is 0.425. The molecule has 0 saturated heterocycles. The second-order valence-corrected chi connectivity index (χ2v) is 13.6. The van der Waals surface area contributed by atoms with Gasteiger partial charge in [-0.25, -0.2) is 0 Å². The van der Waals surface area contributed by atoms with E-state index < -0.39 is 0 Å². The van der Waals surface area contributed by atoms with Crippen LogP contribution in [0.5, 0.6) is 0 Å². The van der Waals surface area contributed by atoms with E-state index in [-0.39, 0.29) is 28.6 Å². The lowest BCUT2D eigenvalue weighted by molar-refractivity contribution is -0.117. The van der Waals surface area contributed by atoms with Crippen molar-refractivity contribution in [2.45, 2.75) is 88.2 Å². The summed E-state index contributed by atoms with van der Waals surface area (Å²) in [5.41, 5.74) is 7.16. The lowest BCUT2D eigenvalue weighted by Crippen LogP contribution is -2.32. The van der Waals surface area contributed by atoms with Crippen LogP contribution in [-0.2, 0) is 4.79 Å². The smallest absolute Gasteiger partial charge is 0.156 e. The van der Waals surface area contributed by atoms with Crippen molar-refractivity contribution in [3.05, 3.63) is 131 Å². The monoisotopic (exact) mass is 566 g/mol. The second kappa shape index (κ2) is 15.8. The first kappa shape index (κ1) is 35.0. The number of allylic oxidation sites excluding steroid dienone is 21. The molecule has 2 rings (SSSR count). The molecule has 0 heterocycles. The topological polar surface area (TPSA) is 37.3 Å². The van der Waals surface area contributed by atoms with E-state index in [9.17, 15) is 9.90 Å². The molecule has 0 aromatic heterocycles. The number of aliphatic hydroxyl groups is 1. The quantitative estimate of drug-likeness (QED) is 0.211. The normalized spacial score (nSPS) is 26.4. The van der Waals surface area contributed by atoms with E-state index in [1.165, 1.54) is 27.9 Å². The van der Waals surface area contributed by atoms with Gasteiger partial charge >= 0.3 is 0 Å². The van der Waals surface area contributed by atoms with Crippen molar-refractivity contribution in [3.63, 3.8) is 0 Å². The average Bonchev–Trinajstić information content (AvgIpc) is 2.84. The minimum Gasteiger partial charge on any atom is -0.389 e. The molecule has 3 atom stereocenters. The maximum Gasteiger partial charge on any atom is 0.156 e. The number of ketones is 1. The molecule has 0 radical (unpaired) electrons. The Morgan fingerprint density at radius 1 is 0.690 bits per heavy atom. The third kappa shape index (κ3) is 11.6. The molecule has 0 fully saturated rings. The van der Waals surface area contributed by atoms with E-state index in [0.717, 1.165) is 12.0 Å². The summed E-state index contributed by atoms with van der Waals surface area (Å²) in [6, 6.07) is 0. The lowest BCUT2D eigenvalue weighted by Gasteiger charge is -2.38. The molecule has 0 unspecified atom stereocenters. The van der Waals surface area contributed by atoms with Crippen molar-refractivity contribution >= 4 is 5.78 Å². The summed E-state index contributed by atoms with van der Waals surface area (Å²) in [5, 5.41) is 10.1. The molecule has 0 amide bonds. The first-order chi connectivity index (χ1) is 19.6. The molecule has 0 aromatic rings. The van der Waals surface area contributed by atoms with Gasteiger partial charge in [0.25, 0.3) is 0 Å². The molecule has 2 aliphatic rings. The fourth-order valence-electron chi connectivity index (χ4n) is 5.98. The molecule has 0 spiro atoms. The van der Waals surface area contributed by atoms with Gasteiger partial charge in [-0.3, -0.25) is 4.79 Å². The molecule has 0 bridgehead atoms. The summed E-state index contributed by atoms with van der Waals surface area (Å²) in [4.78, 5) is 11.9. The van der Waals surface area contributed by atoms with E-state index in [1.807, 2.05) is 6.08 Å². The van der Waals surface area contributed by atoms with Crippen LogP contribution in [0.25, 0.3) is 0 Å². The van der Waals surface area contributed by atoms with Crippen LogP contribution in [0, 0.1) is 22.7 Å². The average molecular weight is 567 g/mol. The molecule has 1 N–H and O–H groups in total. The molecule has 42 heavy (non-hydrogen) atoms. The van der Waals surface area contributed by atoms with Gasteiger partial charge in [-0.05, 0) is 64.9 Å². The van der Waals surface area contributed by atoms with E-state index >= 15 is 0 Å². The van der Waals surface area contributed by atoms with E-state index in [2.05, 4.69) is 154 Å². The zero-order valence-electron chi connectivity index (χ0n) is 27.7. The van der Waals surface area contributed by atoms with E-state index in [4.69, 9.17) is 0 Å². The van der Waals surface area contributed by atoms with Crippen molar-refractivity contribution in [2.75, 3.05) is 0 Å². The van der Waals surface area contributed by atoms with Crippen molar-refractivity contribution in [3.8, 4) is 0 Å². The lowest BCUT2D eigenvalue weighted by atomic mass is 9.67. The molecular weight excluding hydrogens is 512 g/mol. The molecule has 0 aliphatic heterocycles. The van der Waals surface area contributed by atoms with Crippen LogP contribution in [0.2, 0.25) is 0 Å². The van der Waals surface area contributed by atoms with Crippen molar-refractivity contribution < 1.29 is 9.90 Å². The highest BCUT2D eigenvalue weighted by Crippen LogP contribution is 2.42. The van der Waals surface area contributed by atoms with Gasteiger partial charge in [0, 0.05) is 18.3 Å². The molecular formula is C40H54O2. The standard InChI is InChI=1S/C40H54O2/c1-29(17-13-19-31(3)21-23-37-33(5)25-35(41)27-39(37,7)8)15-11-12-16-30(2)18-14-20-32(4)22-24-38-34(6)26-36(42)28-40(38,9)10/h11-26,35,37-38,41H,27-28H2,1-10H3/b12-11+,17-13+,18-14+,23-21+,24-22+,29-15+,30-16+,31-19+,32-20+/t35-,37+,38-/m0/s1. The maximum absolute atomic E-state index is 11.9. The maximum atomic E-state index is 11.9. The number of hydrogen-bond donors (Lipinski definition) is 1. The molecule has 2 heteroatoms. The third-order valence-electron chi connectivity index (χ3n) is 8.24. The van der Waals surface area contributed by atoms with Crippen LogP contribution in [0.4, 0.5) is 0 Å². The Balaban J connectivity index is 1.89. The Morgan fingerprint density at radius 3 is 1.57 bits per heavy atom. The summed E-state index contributed by atoms with van der Waals surface area (Å²) in [6.45, 7) is 21.4. The van der Waals surface area contributed by atoms with Gasteiger partial charge in [0.1, 0.15) is 0 Å². The van der Waals surface area contributed by atoms with Gasteiger partial charge in [-0.15, -0.1) is 0 Å². The summed E-state index contributed by atoms with van der Waals surface area (Å²) in [7, 11) is 0. The summed E-state index contributed by atoms with van der Waals surface area (Å²) in [6.07, 6.45) is 34.8. The van der Waals surface area contributed by atoms with Gasteiger partial charge in [-0.1, -0.05) is 152 Å². The summed E-state index contributed by atoms with van der Waals surface area (Å²) in [5.74, 6) is 0.866. The van der Waals surface area contributed by atoms with Crippen LogP contribution in [0.1, 0.15) is 82.1 Å².